The highest BCUT2D eigenvalue weighted by molar-refractivity contribution is 6.00. The molecule has 36 heavy (non-hydrogen) atoms. The van der Waals surface area contributed by atoms with Crippen molar-refractivity contribution in [2.45, 2.75) is 77.0 Å². The molecule has 0 saturated carbocycles. The van der Waals surface area contributed by atoms with Crippen LogP contribution >= 0.6 is 0 Å². The van der Waals surface area contributed by atoms with Crippen molar-refractivity contribution < 1.29 is 19.8 Å². The summed E-state index contributed by atoms with van der Waals surface area (Å²) in [4.78, 5) is 36.3. The number of rotatable bonds is 5. The standard InChI is InChI=1S/C26H32N6O4/c1-13-7-16(10-28-23(13)26(3,4)36)19-11-29-32-24(27)21(14(2)34)22(30-25(19)32)15-8-17-5-6-18(9-15)31(17)20(35)12-33/h7,10-11,15,17-18,33,36H,5-6,8-9,12,27H2,1-4H3/t15-,17-,18+. The molecule has 190 valence electrons. The lowest BCUT2D eigenvalue weighted by Crippen LogP contribution is -2.47. The van der Waals surface area contributed by atoms with E-state index in [0.29, 0.717) is 35.4 Å². The van der Waals surface area contributed by atoms with Gasteiger partial charge in [0.2, 0.25) is 5.91 Å². The van der Waals surface area contributed by atoms with Crippen LogP contribution in [0.3, 0.4) is 0 Å². The van der Waals surface area contributed by atoms with Gasteiger partial charge in [0.1, 0.15) is 18.0 Å². The quantitative estimate of drug-likeness (QED) is 0.460. The number of hydrogen-bond acceptors (Lipinski definition) is 8. The molecule has 1 amide bonds. The molecular formula is C26H32N6O4. The number of ketones is 1. The number of anilines is 1. The van der Waals surface area contributed by atoms with Gasteiger partial charge in [0.15, 0.2) is 11.4 Å². The third-order valence-electron chi connectivity index (χ3n) is 7.57. The lowest BCUT2D eigenvalue weighted by Gasteiger charge is -2.39. The number of Topliss-reactive ketones (excluding diaryl/α,β-unsaturated/α-hetero) is 1. The lowest BCUT2D eigenvalue weighted by atomic mass is 9.85. The molecular weight excluding hydrogens is 460 g/mol. The van der Waals surface area contributed by atoms with Crippen LogP contribution in [0.15, 0.2) is 18.5 Å². The van der Waals surface area contributed by atoms with Crippen molar-refractivity contribution in [1.29, 1.82) is 0 Å². The van der Waals surface area contributed by atoms with Crippen LogP contribution in [0, 0.1) is 6.92 Å². The van der Waals surface area contributed by atoms with Crippen molar-refractivity contribution in [2.75, 3.05) is 12.3 Å². The Bertz CT molecular complexity index is 1360. The smallest absolute Gasteiger partial charge is 0.248 e. The zero-order chi connectivity index (χ0) is 25.9. The van der Waals surface area contributed by atoms with Gasteiger partial charge < -0.3 is 20.8 Å². The normalized spacial score (nSPS) is 21.8. The first-order valence-corrected chi connectivity index (χ1v) is 12.3. The Hall–Kier alpha value is -3.37. The molecule has 2 saturated heterocycles. The number of amides is 1. The van der Waals surface area contributed by atoms with Crippen LogP contribution < -0.4 is 5.73 Å². The third-order valence-corrected chi connectivity index (χ3v) is 7.57. The minimum atomic E-state index is -1.07. The number of carbonyl (C=O) groups excluding carboxylic acids is 2. The van der Waals surface area contributed by atoms with E-state index in [4.69, 9.17) is 10.7 Å². The molecule has 0 spiro atoms. The molecule has 0 aromatic carbocycles. The summed E-state index contributed by atoms with van der Waals surface area (Å²) in [6.07, 6.45) is 6.42. The summed E-state index contributed by atoms with van der Waals surface area (Å²) >= 11 is 0. The minimum Gasteiger partial charge on any atom is -0.387 e. The number of piperidine rings is 1. The molecule has 4 N–H and O–H groups in total. The minimum absolute atomic E-state index is 0.0121. The van der Waals surface area contributed by atoms with Crippen molar-refractivity contribution >= 4 is 23.2 Å². The summed E-state index contributed by atoms with van der Waals surface area (Å²) in [7, 11) is 0. The van der Waals surface area contributed by atoms with E-state index in [1.54, 1.807) is 26.2 Å². The van der Waals surface area contributed by atoms with Gasteiger partial charge in [-0.25, -0.2) is 4.98 Å². The number of carbonyl (C=O) groups is 2. The molecule has 3 aromatic rings. The van der Waals surface area contributed by atoms with Crippen molar-refractivity contribution in [2.24, 2.45) is 0 Å². The first-order chi connectivity index (χ1) is 17.0. The van der Waals surface area contributed by atoms with Gasteiger partial charge in [-0.05, 0) is 65.0 Å². The number of hydrogen-bond donors (Lipinski definition) is 3. The molecule has 0 unspecified atom stereocenters. The monoisotopic (exact) mass is 492 g/mol. The number of nitrogens with zero attached hydrogens (tertiary/aromatic N) is 5. The van der Waals surface area contributed by atoms with Gasteiger partial charge in [0.25, 0.3) is 0 Å². The van der Waals surface area contributed by atoms with Crippen molar-refractivity contribution in [1.82, 2.24) is 24.5 Å². The third kappa shape index (κ3) is 3.84. The maximum absolute atomic E-state index is 12.7. The molecule has 0 aliphatic carbocycles. The Labute approximate surface area is 209 Å². The topological polar surface area (TPSA) is 147 Å². The van der Waals surface area contributed by atoms with Gasteiger partial charge in [0.05, 0.1) is 23.1 Å². The van der Waals surface area contributed by atoms with Crippen molar-refractivity contribution in [3.63, 3.8) is 0 Å². The summed E-state index contributed by atoms with van der Waals surface area (Å²) in [6, 6.07) is 1.96. The Balaban J connectivity index is 1.61. The summed E-state index contributed by atoms with van der Waals surface area (Å²) in [5.41, 5.74) is 9.92. The van der Waals surface area contributed by atoms with Gasteiger partial charge in [-0.15, -0.1) is 0 Å². The van der Waals surface area contributed by atoms with E-state index in [9.17, 15) is 19.8 Å². The molecule has 2 aliphatic rings. The Morgan fingerprint density at radius 2 is 1.86 bits per heavy atom. The highest BCUT2D eigenvalue weighted by atomic mass is 16.3. The van der Waals surface area contributed by atoms with E-state index in [0.717, 1.165) is 29.5 Å². The van der Waals surface area contributed by atoms with Crippen LogP contribution in [0.4, 0.5) is 5.82 Å². The zero-order valence-electron chi connectivity index (χ0n) is 21.0. The fraction of sp³-hybridized carbons (Fsp3) is 0.500. The summed E-state index contributed by atoms with van der Waals surface area (Å²) < 4.78 is 1.49. The van der Waals surface area contributed by atoms with E-state index in [1.165, 1.54) is 11.4 Å². The Morgan fingerprint density at radius 3 is 2.42 bits per heavy atom. The highest BCUT2D eigenvalue weighted by Crippen LogP contribution is 2.44. The second kappa shape index (κ2) is 8.63. The SMILES string of the molecule is CC(=O)c1c([C@@H]2C[C@H]3CC[C@@H](C2)N3C(=O)CO)nc2c(-c3cnc(C(C)(C)O)c(C)c3)cnn2c1N. The van der Waals surface area contributed by atoms with Gasteiger partial charge in [0, 0.05) is 35.3 Å². The largest absolute Gasteiger partial charge is 0.387 e. The molecule has 10 nitrogen and oxygen atoms in total. The van der Waals surface area contributed by atoms with Crippen molar-refractivity contribution in [3.8, 4) is 11.1 Å². The number of fused-ring (bicyclic) bond motifs is 3. The highest BCUT2D eigenvalue weighted by Gasteiger charge is 2.44. The average molecular weight is 493 g/mol. The van der Waals surface area contributed by atoms with Gasteiger partial charge in [-0.1, -0.05) is 0 Å². The van der Waals surface area contributed by atoms with Crippen LogP contribution in [0.25, 0.3) is 16.8 Å². The predicted molar refractivity (Wildman–Crippen MR) is 133 cm³/mol. The maximum Gasteiger partial charge on any atom is 0.248 e. The number of aromatic nitrogens is 4. The lowest BCUT2D eigenvalue weighted by molar-refractivity contribution is -0.138. The van der Waals surface area contributed by atoms with E-state index < -0.39 is 12.2 Å². The fourth-order valence-electron chi connectivity index (χ4n) is 6.14. The number of aliphatic hydroxyl groups is 2. The zero-order valence-corrected chi connectivity index (χ0v) is 21.0. The molecule has 0 radical (unpaired) electrons. The average Bonchev–Trinajstić information content (AvgIpc) is 3.35. The van der Waals surface area contributed by atoms with Gasteiger partial charge in [-0.3, -0.25) is 14.6 Å². The number of aryl methyl sites for hydroxylation is 1. The molecule has 10 heteroatoms. The van der Waals surface area contributed by atoms with Crippen LogP contribution in [-0.2, 0) is 10.4 Å². The molecule has 2 bridgehead atoms. The Morgan fingerprint density at radius 1 is 1.19 bits per heavy atom. The second-order valence-corrected chi connectivity index (χ2v) is 10.6. The first kappa shape index (κ1) is 24.3. The maximum atomic E-state index is 12.7. The molecule has 5 heterocycles. The summed E-state index contributed by atoms with van der Waals surface area (Å²) in [5, 5.41) is 24.2. The predicted octanol–water partition coefficient (Wildman–Crippen LogP) is 2.34. The second-order valence-electron chi connectivity index (χ2n) is 10.6. The van der Waals surface area contributed by atoms with Crippen LogP contribution in [-0.4, -0.2) is 65.1 Å². The molecule has 3 aromatic heterocycles. The van der Waals surface area contributed by atoms with Gasteiger partial charge in [-0.2, -0.15) is 9.61 Å². The number of pyridine rings is 1. The molecule has 3 atom stereocenters. The summed E-state index contributed by atoms with van der Waals surface area (Å²) in [6.45, 7) is 6.28. The number of aliphatic hydroxyl groups excluding tert-OH is 1. The fourth-order valence-corrected chi connectivity index (χ4v) is 6.14. The molecule has 2 fully saturated rings. The van der Waals surface area contributed by atoms with Crippen LogP contribution in [0.1, 0.15) is 79.7 Å². The van der Waals surface area contributed by atoms with Crippen LogP contribution in [0.5, 0.6) is 0 Å². The first-order valence-electron chi connectivity index (χ1n) is 12.3. The number of nitrogens with two attached hydrogens (primary N) is 1. The number of nitrogen functional groups attached to an aromatic ring is 1. The van der Waals surface area contributed by atoms with E-state index in [-0.39, 0.29) is 35.5 Å². The van der Waals surface area contributed by atoms with E-state index >= 15 is 0 Å². The van der Waals surface area contributed by atoms with E-state index in [2.05, 4.69) is 10.1 Å². The van der Waals surface area contributed by atoms with Crippen molar-refractivity contribution in [3.05, 3.63) is 41.0 Å². The molecule has 5 rings (SSSR count). The van der Waals surface area contributed by atoms with Gasteiger partial charge >= 0.3 is 0 Å². The van der Waals surface area contributed by atoms with Crippen LogP contribution in [0.2, 0.25) is 0 Å². The Kier molecular flexibility index (Phi) is 5.83. The van der Waals surface area contributed by atoms with E-state index in [1.807, 2.05) is 17.9 Å². The summed E-state index contributed by atoms with van der Waals surface area (Å²) in [5.74, 6) is -0.224. The molecule has 2 aliphatic heterocycles.